The van der Waals surface area contributed by atoms with E-state index in [4.69, 9.17) is 0 Å². The summed E-state index contributed by atoms with van der Waals surface area (Å²) in [6.45, 7) is 8.43. The van der Waals surface area contributed by atoms with Gasteiger partial charge in [-0.2, -0.15) is 0 Å². The fraction of sp³-hybridized carbons (Fsp3) is 0.619. The maximum absolute atomic E-state index is 12.6. The van der Waals surface area contributed by atoms with Gasteiger partial charge in [-0.1, -0.05) is 19.3 Å². The molecule has 1 aliphatic heterocycles. The topological polar surface area (TPSA) is 41.4 Å². The molecular weight excluding hydrogens is 324 g/mol. The van der Waals surface area contributed by atoms with Crippen LogP contribution in [0.5, 0.6) is 0 Å². The molecule has 0 unspecified atom stereocenters. The molecule has 0 atom stereocenters. The molecule has 4 rings (SSSR count). The molecule has 2 aromatic rings. The van der Waals surface area contributed by atoms with Crippen LogP contribution in [0.25, 0.3) is 10.9 Å². The zero-order valence-electron chi connectivity index (χ0n) is 16.0. The summed E-state index contributed by atoms with van der Waals surface area (Å²) in [5, 5.41) is 0.714. The molecule has 1 saturated heterocycles. The lowest BCUT2D eigenvalue weighted by Gasteiger charge is -2.41. The highest BCUT2D eigenvalue weighted by Crippen LogP contribution is 2.26. The molecule has 5 heteroatoms. The molecule has 26 heavy (non-hydrogen) atoms. The minimum absolute atomic E-state index is 0.0543. The predicted molar refractivity (Wildman–Crippen MR) is 107 cm³/mol. The number of anilines is 1. The molecular formula is C21H30N4O. The van der Waals surface area contributed by atoms with Gasteiger partial charge in [-0.15, -0.1) is 0 Å². The van der Waals surface area contributed by atoms with E-state index in [0.717, 1.165) is 37.7 Å². The van der Waals surface area contributed by atoms with Gasteiger partial charge in [0.05, 0.1) is 17.2 Å². The van der Waals surface area contributed by atoms with E-state index < -0.39 is 0 Å². The average molecular weight is 354 g/mol. The van der Waals surface area contributed by atoms with E-state index in [1.54, 1.807) is 10.9 Å². The van der Waals surface area contributed by atoms with Crippen LogP contribution in [0.4, 0.5) is 5.69 Å². The average Bonchev–Trinajstić information content (AvgIpc) is 2.68. The van der Waals surface area contributed by atoms with Crippen LogP contribution in [0.15, 0.2) is 29.3 Å². The molecule has 2 fully saturated rings. The van der Waals surface area contributed by atoms with Crippen molar-refractivity contribution in [3.8, 4) is 0 Å². The van der Waals surface area contributed by atoms with Crippen LogP contribution in [-0.4, -0.2) is 46.7 Å². The Kier molecular flexibility index (Phi) is 4.98. The predicted octanol–water partition coefficient (Wildman–Crippen LogP) is 3.43. The summed E-state index contributed by atoms with van der Waals surface area (Å²) in [6.07, 6.45) is 8.65. The number of aromatic nitrogens is 2. The summed E-state index contributed by atoms with van der Waals surface area (Å²) in [5.41, 5.74) is 2.05. The Balaban J connectivity index is 1.49. The number of piperazine rings is 1. The Morgan fingerprint density at radius 1 is 1.04 bits per heavy atom. The number of hydrogen-bond acceptors (Lipinski definition) is 4. The van der Waals surface area contributed by atoms with Crippen molar-refractivity contribution in [2.45, 2.75) is 58.0 Å². The molecule has 140 valence electrons. The third-order valence-electron chi connectivity index (χ3n) is 6.09. The molecule has 0 amide bonds. The Bertz CT molecular complexity index is 814. The minimum Gasteiger partial charge on any atom is -0.369 e. The first-order valence-electron chi connectivity index (χ1n) is 10.1. The van der Waals surface area contributed by atoms with Crippen LogP contribution in [0.2, 0.25) is 0 Å². The van der Waals surface area contributed by atoms with Gasteiger partial charge in [0.25, 0.3) is 5.56 Å². The van der Waals surface area contributed by atoms with E-state index in [0.29, 0.717) is 5.39 Å². The van der Waals surface area contributed by atoms with Crippen molar-refractivity contribution in [3.63, 3.8) is 0 Å². The van der Waals surface area contributed by atoms with Crippen molar-refractivity contribution in [2.24, 2.45) is 0 Å². The monoisotopic (exact) mass is 354 g/mol. The van der Waals surface area contributed by atoms with Crippen LogP contribution in [0.3, 0.4) is 0 Å². The Morgan fingerprint density at radius 3 is 2.46 bits per heavy atom. The van der Waals surface area contributed by atoms with Gasteiger partial charge in [0.2, 0.25) is 0 Å². The van der Waals surface area contributed by atoms with Crippen molar-refractivity contribution in [1.29, 1.82) is 0 Å². The van der Waals surface area contributed by atoms with Gasteiger partial charge in [0.1, 0.15) is 0 Å². The molecule has 2 aliphatic rings. The fourth-order valence-corrected chi connectivity index (χ4v) is 4.48. The number of fused-ring (bicyclic) bond motifs is 1. The van der Waals surface area contributed by atoms with E-state index in [9.17, 15) is 4.79 Å². The molecule has 5 nitrogen and oxygen atoms in total. The summed E-state index contributed by atoms with van der Waals surface area (Å²) in [7, 11) is 0. The van der Waals surface area contributed by atoms with Crippen LogP contribution >= 0.6 is 0 Å². The summed E-state index contributed by atoms with van der Waals surface area (Å²) in [5.74, 6) is 0. The molecule has 1 aromatic carbocycles. The van der Waals surface area contributed by atoms with Crippen molar-refractivity contribution in [2.75, 3.05) is 31.1 Å². The minimum atomic E-state index is 0.0543. The summed E-state index contributed by atoms with van der Waals surface area (Å²) < 4.78 is 1.70. The molecule has 1 aromatic heterocycles. The van der Waals surface area contributed by atoms with E-state index in [1.807, 2.05) is 19.9 Å². The third kappa shape index (κ3) is 3.37. The largest absolute Gasteiger partial charge is 0.369 e. The van der Waals surface area contributed by atoms with Gasteiger partial charge >= 0.3 is 0 Å². The molecule has 0 N–H and O–H groups in total. The normalized spacial score (nSPS) is 20.2. The van der Waals surface area contributed by atoms with Gasteiger partial charge in [0.15, 0.2) is 0 Å². The van der Waals surface area contributed by atoms with Crippen LogP contribution in [-0.2, 0) is 0 Å². The van der Waals surface area contributed by atoms with Gasteiger partial charge in [-0.05, 0) is 44.9 Å². The van der Waals surface area contributed by atoms with Crippen molar-refractivity contribution in [3.05, 3.63) is 34.9 Å². The fourth-order valence-electron chi connectivity index (χ4n) is 4.48. The van der Waals surface area contributed by atoms with E-state index in [-0.39, 0.29) is 11.6 Å². The highest BCUT2D eigenvalue weighted by Gasteiger charge is 2.25. The Hall–Kier alpha value is -1.88. The second-order valence-corrected chi connectivity index (χ2v) is 8.07. The lowest BCUT2D eigenvalue weighted by atomic mass is 9.94. The SMILES string of the molecule is CC(C)n1cnc2cc(N3CCN(C4CCCCC4)CC3)ccc2c1=O. The highest BCUT2D eigenvalue weighted by atomic mass is 16.1. The standard InChI is InChI=1S/C21H30N4O/c1-16(2)25-15-22-20-14-18(8-9-19(20)21(25)26)24-12-10-23(11-13-24)17-6-4-3-5-7-17/h8-9,14-17H,3-7,10-13H2,1-2H3. The van der Waals surface area contributed by atoms with Crippen molar-refractivity contribution in [1.82, 2.24) is 14.5 Å². The molecule has 1 aliphatic carbocycles. The molecule has 0 bridgehead atoms. The molecule has 2 heterocycles. The number of hydrogen-bond donors (Lipinski definition) is 0. The molecule has 0 radical (unpaired) electrons. The van der Waals surface area contributed by atoms with E-state index in [1.165, 1.54) is 37.8 Å². The Labute approximate surface area is 155 Å². The zero-order valence-corrected chi connectivity index (χ0v) is 16.0. The first kappa shape index (κ1) is 17.5. The lowest BCUT2D eigenvalue weighted by molar-refractivity contribution is 0.148. The summed E-state index contributed by atoms with van der Waals surface area (Å²) in [4.78, 5) is 22.2. The second-order valence-electron chi connectivity index (χ2n) is 8.07. The third-order valence-corrected chi connectivity index (χ3v) is 6.09. The highest BCUT2D eigenvalue weighted by molar-refractivity contribution is 5.81. The number of rotatable bonds is 3. The first-order valence-corrected chi connectivity index (χ1v) is 10.1. The number of nitrogens with zero attached hydrogens (tertiary/aromatic N) is 4. The quantitative estimate of drug-likeness (QED) is 0.847. The van der Waals surface area contributed by atoms with Gasteiger partial charge in [0, 0.05) is 44.0 Å². The van der Waals surface area contributed by atoms with E-state index >= 15 is 0 Å². The maximum Gasteiger partial charge on any atom is 0.261 e. The van der Waals surface area contributed by atoms with Gasteiger partial charge < -0.3 is 4.90 Å². The van der Waals surface area contributed by atoms with Crippen LogP contribution in [0, 0.1) is 0 Å². The molecule has 0 spiro atoms. The lowest BCUT2D eigenvalue weighted by Crippen LogP contribution is -2.50. The summed E-state index contributed by atoms with van der Waals surface area (Å²) >= 11 is 0. The smallest absolute Gasteiger partial charge is 0.261 e. The number of benzene rings is 1. The van der Waals surface area contributed by atoms with E-state index in [2.05, 4.69) is 26.9 Å². The first-order chi connectivity index (χ1) is 12.6. The van der Waals surface area contributed by atoms with Crippen LogP contribution in [0.1, 0.15) is 52.0 Å². The molecule has 1 saturated carbocycles. The Morgan fingerprint density at radius 2 is 1.77 bits per heavy atom. The van der Waals surface area contributed by atoms with Crippen molar-refractivity contribution < 1.29 is 0 Å². The zero-order chi connectivity index (χ0) is 18.1. The van der Waals surface area contributed by atoms with Crippen LogP contribution < -0.4 is 10.5 Å². The van der Waals surface area contributed by atoms with Gasteiger partial charge in [-0.25, -0.2) is 4.98 Å². The maximum atomic E-state index is 12.6. The second kappa shape index (κ2) is 7.39. The van der Waals surface area contributed by atoms with Gasteiger partial charge in [-0.3, -0.25) is 14.3 Å². The summed E-state index contributed by atoms with van der Waals surface area (Å²) in [6, 6.07) is 7.06. The van der Waals surface area contributed by atoms with Crippen molar-refractivity contribution >= 4 is 16.6 Å².